The number of halogens is 1. The monoisotopic (exact) mass is 449 g/mol. The molecule has 0 fully saturated rings. The highest BCUT2D eigenvalue weighted by molar-refractivity contribution is 5.97. The predicted octanol–water partition coefficient (Wildman–Crippen LogP) is 3.70. The van der Waals surface area contributed by atoms with Gasteiger partial charge in [-0.15, -0.1) is 5.10 Å². The first-order chi connectivity index (χ1) is 16.1. The lowest BCUT2D eigenvalue weighted by molar-refractivity contribution is -0.122. The number of carbonyl (C=O) groups excluding carboxylic acids is 1. The highest BCUT2D eigenvalue weighted by Gasteiger charge is 2.33. The van der Waals surface area contributed by atoms with Crippen LogP contribution in [0.3, 0.4) is 0 Å². The van der Waals surface area contributed by atoms with Crippen molar-refractivity contribution in [1.82, 2.24) is 20.2 Å². The molecule has 0 saturated heterocycles. The maximum atomic E-state index is 14.5. The Labute approximate surface area is 190 Å². The fourth-order valence-electron chi connectivity index (χ4n) is 4.60. The van der Waals surface area contributed by atoms with Gasteiger partial charge in [-0.25, -0.2) is 9.07 Å². The largest absolute Gasteiger partial charge is 0.376 e. The molecule has 0 spiro atoms. The molecule has 2 aliphatic rings. The van der Waals surface area contributed by atoms with E-state index in [4.69, 9.17) is 9.26 Å². The van der Waals surface area contributed by atoms with Gasteiger partial charge in [0.05, 0.1) is 18.5 Å². The number of allylic oxidation sites excluding steroid dienone is 2. The Morgan fingerprint density at radius 3 is 2.97 bits per heavy atom. The highest BCUT2D eigenvalue weighted by Crippen LogP contribution is 2.34. The van der Waals surface area contributed by atoms with Crippen LogP contribution in [-0.2, 0) is 16.0 Å². The predicted molar refractivity (Wildman–Crippen MR) is 119 cm³/mol. The van der Waals surface area contributed by atoms with Gasteiger partial charge in [0.1, 0.15) is 23.8 Å². The number of carbonyl (C=O) groups is 1. The maximum absolute atomic E-state index is 14.5. The smallest absolute Gasteiger partial charge is 0.251 e. The van der Waals surface area contributed by atoms with E-state index in [1.165, 1.54) is 6.07 Å². The summed E-state index contributed by atoms with van der Waals surface area (Å²) in [7, 11) is 1.65. The second kappa shape index (κ2) is 8.74. The second-order valence-electron chi connectivity index (χ2n) is 8.12. The molecule has 3 unspecified atom stereocenters. The fraction of sp³-hybridized carbons (Fsp3) is 0.333. The summed E-state index contributed by atoms with van der Waals surface area (Å²) >= 11 is 0. The molecule has 3 aromatic rings. The van der Waals surface area contributed by atoms with Crippen LogP contribution >= 0.6 is 0 Å². The zero-order chi connectivity index (χ0) is 22.9. The summed E-state index contributed by atoms with van der Waals surface area (Å²) in [5, 5.41) is 12.4. The van der Waals surface area contributed by atoms with Crippen LogP contribution in [-0.4, -0.2) is 45.8 Å². The molecule has 0 saturated carbocycles. The maximum Gasteiger partial charge on any atom is 0.251 e. The van der Waals surface area contributed by atoms with Crippen molar-refractivity contribution < 1.29 is 18.4 Å². The first kappa shape index (κ1) is 21.3. The topological polar surface area (TPSA) is 86.3 Å². The number of rotatable bonds is 5. The van der Waals surface area contributed by atoms with Gasteiger partial charge < -0.3 is 14.2 Å². The standard InChI is InChI=1S/C24H24FN5O3/c1-3-29-21-6-4-5-19(25)18(21)9-10-22(24(29)31)30-13-20(27-28-30)15-7-8-17(23(11-15)32-2)16-12-26-33-14-16/h4-8,11-14,17,22-23H,3,9-10H2,1-2H3. The quantitative estimate of drug-likeness (QED) is 0.590. The van der Waals surface area contributed by atoms with E-state index in [0.717, 1.165) is 11.1 Å². The van der Waals surface area contributed by atoms with Gasteiger partial charge in [-0.05, 0) is 38.0 Å². The lowest BCUT2D eigenvalue weighted by atomic mass is 9.89. The van der Waals surface area contributed by atoms with Gasteiger partial charge in [0, 0.05) is 42.0 Å². The van der Waals surface area contributed by atoms with Crippen LogP contribution < -0.4 is 4.90 Å². The van der Waals surface area contributed by atoms with Crippen LogP contribution in [0.4, 0.5) is 10.1 Å². The first-order valence-electron chi connectivity index (χ1n) is 10.9. The highest BCUT2D eigenvalue weighted by atomic mass is 19.1. The van der Waals surface area contributed by atoms with E-state index in [0.29, 0.717) is 36.3 Å². The van der Waals surface area contributed by atoms with Crippen molar-refractivity contribution >= 4 is 17.2 Å². The molecular formula is C24H24FN5O3. The summed E-state index contributed by atoms with van der Waals surface area (Å²) in [5.74, 6) is -0.423. The van der Waals surface area contributed by atoms with E-state index in [9.17, 15) is 9.18 Å². The summed E-state index contributed by atoms with van der Waals surface area (Å²) in [4.78, 5) is 15.0. The van der Waals surface area contributed by atoms with Crippen molar-refractivity contribution in [3.8, 4) is 0 Å². The average Bonchev–Trinajstić information content (AvgIpc) is 3.51. The number of fused-ring (bicyclic) bond motifs is 1. The second-order valence-corrected chi connectivity index (χ2v) is 8.12. The molecule has 8 nitrogen and oxygen atoms in total. The molecule has 0 N–H and O–H groups in total. The van der Waals surface area contributed by atoms with E-state index in [1.807, 2.05) is 25.2 Å². The fourth-order valence-corrected chi connectivity index (χ4v) is 4.60. The Morgan fingerprint density at radius 2 is 2.21 bits per heavy atom. The summed E-state index contributed by atoms with van der Waals surface area (Å²) in [6.07, 6.45) is 11.7. The number of ether oxygens (including phenoxy) is 1. The van der Waals surface area contributed by atoms with Crippen LogP contribution in [0.1, 0.15) is 42.1 Å². The van der Waals surface area contributed by atoms with Crippen LogP contribution in [0.15, 0.2) is 59.6 Å². The SMILES string of the molecule is CCN1C(=O)C(n2cc(C3=CC(OC)C(c4cnoc4)C=C3)nn2)CCc2c(F)cccc21. The third-order valence-corrected chi connectivity index (χ3v) is 6.33. The Balaban J connectivity index is 1.41. The van der Waals surface area contributed by atoms with Gasteiger partial charge in [-0.2, -0.15) is 0 Å². The summed E-state index contributed by atoms with van der Waals surface area (Å²) in [6, 6.07) is 4.31. The van der Waals surface area contributed by atoms with Crippen LogP contribution in [0.25, 0.3) is 5.57 Å². The van der Waals surface area contributed by atoms with E-state index in [2.05, 4.69) is 15.5 Å². The molecule has 1 amide bonds. The number of hydrogen-bond acceptors (Lipinski definition) is 6. The Morgan fingerprint density at radius 1 is 1.33 bits per heavy atom. The zero-order valence-electron chi connectivity index (χ0n) is 18.4. The molecule has 33 heavy (non-hydrogen) atoms. The number of amides is 1. The normalized spacial score (nSPS) is 22.8. The van der Waals surface area contributed by atoms with Crippen molar-refractivity contribution in [2.45, 2.75) is 37.8 Å². The molecule has 9 heteroatoms. The molecule has 1 aliphatic heterocycles. The van der Waals surface area contributed by atoms with E-state index in [-0.39, 0.29) is 23.7 Å². The Hall–Kier alpha value is -3.59. The molecule has 0 radical (unpaired) electrons. The molecule has 170 valence electrons. The van der Waals surface area contributed by atoms with Gasteiger partial charge in [-0.3, -0.25) is 4.79 Å². The lowest BCUT2D eigenvalue weighted by Gasteiger charge is -2.24. The zero-order valence-corrected chi connectivity index (χ0v) is 18.4. The molecule has 1 aromatic carbocycles. The van der Waals surface area contributed by atoms with Crippen molar-refractivity contribution in [3.63, 3.8) is 0 Å². The number of methoxy groups -OCH3 is 1. The van der Waals surface area contributed by atoms with Crippen molar-refractivity contribution in [1.29, 1.82) is 0 Å². The number of hydrogen-bond donors (Lipinski definition) is 0. The Kier molecular flexibility index (Phi) is 5.63. The minimum Gasteiger partial charge on any atom is -0.376 e. The van der Waals surface area contributed by atoms with Gasteiger partial charge in [0.2, 0.25) is 0 Å². The molecular weight excluding hydrogens is 425 g/mol. The van der Waals surface area contributed by atoms with Crippen LogP contribution in [0, 0.1) is 5.82 Å². The number of anilines is 1. The van der Waals surface area contributed by atoms with Crippen LogP contribution in [0.5, 0.6) is 0 Å². The Bertz CT molecular complexity index is 1220. The van der Waals surface area contributed by atoms with Crippen molar-refractivity contribution in [2.75, 3.05) is 18.6 Å². The first-order valence-corrected chi connectivity index (χ1v) is 10.9. The van der Waals surface area contributed by atoms with Gasteiger partial charge in [0.15, 0.2) is 0 Å². The average molecular weight is 449 g/mol. The summed E-state index contributed by atoms with van der Waals surface area (Å²) in [5.41, 5.74) is 3.61. The summed E-state index contributed by atoms with van der Waals surface area (Å²) < 4.78 is 26.7. The minimum absolute atomic E-state index is 0.0185. The number of nitrogens with zero attached hydrogens (tertiary/aromatic N) is 5. The number of benzene rings is 1. The molecule has 0 bridgehead atoms. The molecule has 5 rings (SSSR count). The van der Waals surface area contributed by atoms with Crippen molar-refractivity contribution in [3.05, 3.63) is 77.7 Å². The minimum atomic E-state index is -0.561. The third kappa shape index (κ3) is 3.78. The van der Waals surface area contributed by atoms with Gasteiger partial charge in [0.25, 0.3) is 5.91 Å². The van der Waals surface area contributed by atoms with Crippen molar-refractivity contribution in [2.24, 2.45) is 0 Å². The lowest BCUT2D eigenvalue weighted by Crippen LogP contribution is -2.36. The number of likely N-dealkylation sites (N-methyl/N-ethyl adjacent to an activating group) is 1. The molecule has 1 aliphatic carbocycles. The molecule has 3 atom stereocenters. The third-order valence-electron chi connectivity index (χ3n) is 6.33. The van der Waals surface area contributed by atoms with E-state index in [1.54, 1.807) is 47.5 Å². The molecule has 2 aromatic heterocycles. The van der Waals surface area contributed by atoms with Gasteiger partial charge >= 0.3 is 0 Å². The van der Waals surface area contributed by atoms with E-state index >= 15 is 0 Å². The van der Waals surface area contributed by atoms with E-state index < -0.39 is 6.04 Å². The van der Waals surface area contributed by atoms with Gasteiger partial charge in [-0.1, -0.05) is 28.6 Å². The summed E-state index contributed by atoms with van der Waals surface area (Å²) in [6.45, 7) is 2.33. The molecule has 3 heterocycles. The van der Waals surface area contributed by atoms with Crippen LogP contribution in [0.2, 0.25) is 0 Å². The number of aromatic nitrogens is 4.